The van der Waals surface area contributed by atoms with Crippen LogP contribution >= 0.6 is 0 Å². The van der Waals surface area contributed by atoms with Gasteiger partial charge in [-0.05, 0) is 6.42 Å². The van der Waals surface area contributed by atoms with Gasteiger partial charge in [0.15, 0.2) is 0 Å². The molecule has 56 valence electrons. The van der Waals surface area contributed by atoms with Crippen LogP contribution in [-0.4, -0.2) is 21.3 Å². The van der Waals surface area contributed by atoms with Crippen molar-refractivity contribution >= 4 is 5.95 Å². The number of hydrogen-bond acceptors (Lipinski definition) is 3. The van der Waals surface area contributed by atoms with E-state index >= 15 is 0 Å². The van der Waals surface area contributed by atoms with Gasteiger partial charge < -0.3 is 5.32 Å². The fourth-order valence-electron chi connectivity index (χ4n) is 0.657. The number of hydrogen-bond donors (Lipinski definition) is 1. The lowest BCUT2D eigenvalue weighted by atomic mass is 10.5. The van der Waals surface area contributed by atoms with Gasteiger partial charge in [0.25, 0.3) is 0 Å². The predicted molar refractivity (Wildman–Crippen MR) is 39.8 cm³/mol. The standard InChI is InChI=1S/C6H12N4/c1-3-4-7-6-8-5-10(2)9-6/h5H,3-4H2,1-2H3,(H,7,9). The van der Waals surface area contributed by atoms with Crippen LogP contribution in [0.4, 0.5) is 5.95 Å². The average Bonchev–Trinajstić information content (AvgIpc) is 2.31. The van der Waals surface area contributed by atoms with E-state index in [9.17, 15) is 0 Å². The first-order chi connectivity index (χ1) is 4.83. The second-order valence-electron chi connectivity index (χ2n) is 2.17. The van der Waals surface area contributed by atoms with E-state index in [-0.39, 0.29) is 0 Å². The molecule has 0 aliphatic rings. The third-order valence-electron chi connectivity index (χ3n) is 1.13. The van der Waals surface area contributed by atoms with Crippen LogP contribution in [0, 0.1) is 0 Å². The average molecular weight is 140 g/mol. The third kappa shape index (κ3) is 1.72. The number of aryl methyl sites for hydroxylation is 1. The summed E-state index contributed by atoms with van der Waals surface area (Å²) in [5, 5.41) is 7.11. The van der Waals surface area contributed by atoms with E-state index < -0.39 is 0 Å². The number of nitrogens with one attached hydrogen (secondary N) is 1. The molecule has 0 aromatic carbocycles. The summed E-state index contributed by atoms with van der Waals surface area (Å²) in [6, 6.07) is 0. The van der Waals surface area contributed by atoms with Crippen LogP contribution in [0.2, 0.25) is 0 Å². The van der Waals surface area contributed by atoms with Gasteiger partial charge in [0, 0.05) is 13.6 Å². The van der Waals surface area contributed by atoms with E-state index in [0.717, 1.165) is 13.0 Å². The Balaban J connectivity index is 2.42. The molecule has 0 aliphatic carbocycles. The van der Waals surface area contributed by atoms with Gasteiger partial charge in [-0.3, -0.25) is 4.68 Å². The molecule has 4 heteroatoms. The highest BCUT2D eigenvalue weighted by Crippen LogP contribution is 1.93. The second kappa shape index (κ2) is 3.20. The molecule has 0 radical (unpaired) electrons. The van der Waals surface area contributed by atoms with Crippen molar-refractivity contribution in [3.8, 4) is 0 Å². The van der Waals surface area contributed by atoms with Crippen molar-refractivity contribution in [2.45, 2.75) is 13.3 Å². The van der Waals surface area contributed by atoms with E-state index in [1.165, 1.54) is 0 Å². The highest BCUT2D eigenvalue weighted by molar-refractivity contribution is 5.19. The smallest absolute Gasteiger partial charge is 0.242 e. The monoisotopic (exact) mass is 140 g/mol. The van der Waals surface area contributed by atoms with Gasteiger partial charge in [0.1, 0.15) is 6.33 Å². The minimum absolute atomic E-state index is 0.712. The molecule has 0 aliphatic heterocycles. The first-order valence-electron chi connectivity index (χ1n) is 3.42. The lowest BCUT2D eigenvalue weighted by Crippen LogP contribution is -2.01. The number of anilines is 1. The normalized spacial score (nSPS) is 9.80. The first-order valence-corrected chi connectivity index (χ1v) is 3.42. The molecule has 0 unspecified atom stereocenters. The van der Waals surface area contributed by atoms with E-state index in [1.807, 2.05) is 7.05 Å². The summed E-state index contributed by atoms with van der Waals surface area (Å²) in [4.78, 5) is 3.99. The predicted octanol–water partition coefficient (Wildman–Crippen LogP) is 0.637. The molecule has 0 fully saturated rings. The molecule has 0 saturated heterocycles. The summed E-state index contributed by atoms with van der Waals surface area (Å²) in [6.45, 7) is 3.04. The zero-order valence-corrected chi connectivity index (χ0v) is 6.33. The lowest BCUT2D eigenvalue weighted by Gasteiger charge is -1.95. The Labute approximate surface area is 60.3 Å². The Morgan fingerprint density at radius 1 is 1.70 bits per heavy atom. The van der Waals surface area contributed by atoms with Crippen molar-refractivity contribution < 1.29 is 0 Å². The van der Waals surface area contributed by atoms with Crippen molar-refractivity contribution in [1.82, 2.24) is 14.8 Å². The van der Waals surface area contributed by atoms with Gasteiger partial charge in [-0.2, -0.15) is 0 Å². The largest absolute Gasteiger partial charge is 0.353 e. The topological polar surface area (TPSA) is 42.7 Å². The molecule has 0 saturated carbocycles. The molecular weight excluding hydrogens is 128 g/mol. The van der Waals surface area contributed by atoms with E-state index in [2.05, 4.69) is 22.3 Å². The zero-order valence-electron chi connectivity index (χ0n) is 6.33. The molecule has 0 atom stereocenters. The van der Waals surface area contributed by atoms with E-state index in [1.54, 1.807) is 11.0 Å². The molecule has 1 heterocycles. The Kier molecular flexibility index (Phi) is 2.25. The minimum atomic E-state index is 0.712. The summed E-state index contributed by atoms with van der Waals surface area (Å²) in [6.07, 6.45) is 2.77. The fraction of sp³-hybridized carbons (Fsp3) is 0.667. The van der Waals surface area contributed by atoms with Crippen LogP contribution in [-0.2, 0) is 7.05 Å². The summed E-state index contributed by atoms with van der Waals surface area (Å²) in [7, 11) is 1.85. The Bertz CT molecular complexity index is 193. The molecule has 1 aromatic heterocycles. The fourth-order valence-corrected chi connectivity index (χ4v) is 0.657. The van der Waals surface area contributed by atoms with Crippen LogP contribution < -0.4 is 5.32 Å². The summed E-state index contributed by atoms with van der Waals surface area (Å²) in [5.74, 6) is 0.712. The minimum Gasteiger partial charge on any atom is -0.353 e. The van der Waals surface area contributed by atoms with Crippen LogP contribution in [0.5, 0.6) is 0 Å². The molecule has 4 nitrogen and oxygen atoms in total. The van der Waals surface area contributed by atoms with Crippen LogP contribution in [0.25, 0.3) is 0 Å². The maximum atomic E-state index is 4.04. The summed E-state index contributed by atoms with van der Waals surface area (Å²) < 4.78 is 1.68. The summed E-state index contributed by atoms with van der Waals surface area (Å²) >= 11 is 0. The van der Waals surface area contributed by atoms with Crippen molar-refractivity contribution in [3.63, 3.8) is 0 Å². The highest BCUT2D eigenvalue weighted by atomic mass is 15.4. The van der Waals surface area contributed by atoms with Crippen molar-refractivity contribution in [1.29, 1.82) is 0 Å². The highest BCUT2D eigenvalue weighted by Gasteiger charge is 1.93. The van der Waals surface area contributed by atoms with Crippen molar-refractivity contribution in [2.24, 2.45) is 7.05 Å². The number of rotatable bonds is 3. The molecule has 1 N–H and O–H groups in total. The van der Waals surface area contributed by atoms with Gasteiger partial charge in [0.05, 0.1) is 0 Å². The van der Waals surface area contributed by atoms with Crippen molar-refractivity contribution in [3.05, 3.63) is 6.33 Å². The molecular formula is C6H12N4. The maximum absolute atomic E-state index is 4.04. The van der Waals surface area contributed by atoms with Crippen molar-refractivity contribution in [2.75, 3.05) is 11.9 Å². The first kappa shape index (κ1) is 7.05. The zero-order chi connectivity index (χ0) is 7.40. The van der Waals surface area contributed by atoms with E-state index in [4.69, 9.17) is 0 Å². The molecule has 0 bridgehead atoms. The molecule has 10 heavy (non-hydrogen) atoms. The second-order valence-corrected chi connectivity index (χ2v) is 2.17. The van der Waals surface area contributed by atoms with Gasteiger partial charge in [-0.15, -0.1) is 5.10 Å². The van der Waals surface area contributed by atoms with Gasteiger partial charge >= 0.3 is 0 Å². The van der Waals surface area contributed by atoms with Gasteiger partial charge in [-0.25, -0.2) is 4.98 Å². The molecule has 0 spiro atoms. The Morgan fingerprint density at radius 3 is 3.00 bits per heavy atom. The SMILES string of the molecule is CCCNc1ncn(C)n1. The third-order valence-corrected chi connectivity index (χ3v) is 1.13. The molecule has 1 aromatic rings. The Morgan fingerprint density at radius 2 is 2.50 bits per heavy atom. The van der Waals surface area contributed by atoms with Crippen LogP contribution in [0.1, 0.15) is 13.3 Å². The molecule has 1 rings (SSSR count). The molecule has 0 amide bonds. The maximum Gasteiger partial charge on any atom is 0.242 e. The van der Waals surface area contributed by atoms with Crippen LogP contribution in [0.3, 0.4) is 0 Å². The Hall–Kier alpha value is -1.06. The number of nitrogens with zero attached hydrogens (tertiary/aromatic N) is 3. The van der Waals surface area contributed by atoms with E-state index in [0.29, 0.717) is 5.95 Å². The van der Waals surface area contributed by atoms with Gasteiger partial charge in [0.2, 0.25) is 5.95 Å². The summed E-state index contributed by atoms with van der Waals surface area (Å²) in [5.41, 5.74) is 0. The quantitative estimate of drug-likeness (QED) is 0.669. The number of aromatic nitrogens is 3. The van der Waals surface area contributed by atoms with Gasteiger partial charge in [-0.1, -0.05) is 6.92 Å². The lowest BCUT2D eigenvalue weighted by molar-refractivity contribution is 0.765. The van der Waals surface area contributed by atoms with Crippen LogP contribution in [0.15, 0.2) is 6.33 Å².